The number of carboxylic acid groups (broad SMARTS) is 1. The van der Waals surface area contributed by atoms with Crippen molar-refractivity contribution in [3.8, 4) is 0 Å². The van der Waals surface area contributed by atoms with Crippen molar-refractivity contribution in [2.45, 2.75) is 39.5 Å². The van der Waals surface area contributed by atoms with Crippen LogP contribution in [0.3, 0.4) is 0 Å². The zero-order valence-electron chi connectivity index (χ0n) is 12.3. The molecule has 5 heteroatoms. The van der Waals surface area contributed by atoms with Gasteiger partial charge in [0.15, 0.2) is 0 Å². The van der Waals surface area contributed by atoms with Crippen LogP contribution in [0.4, 0.5) is 5.69 Å². The lowest BCUT2D eigenvalue weighted by atomic mass is 9.68. The number of aromatic carboxylic acids is 1. The van der Waals surface area contributed by atoms with E-state index in [4.69, 9.17) is 16.7 Å². The lowest BCUT2D eigenvalue weighted by Gasteiger charge is -2.37. The summed E-state index contributed by atoms with van der Waals surface area (Å²) < 4.78 is 0. The van der Waals surface area contributed by atoms with Crippen molar-refractivity contribution < 1.29 is 14.7 Å². The zero-order valence-corrected chi connectivity index (χ0v) is 13.0. The molecule has 1 saturated carbocycles. The summed E-state index contributed by atoms with van der Waals surface area (Å²) in [5.74, 6) is -1.12. The molecule has 1 aliphatic carbocycles. The predicted molar refractivity (Wildman–Crippen MR) is 82.8 cm³/mol. The van der Waals surface area contributed by atoms with E-state index < -0.39 is 5.97 Å². The maximum atomic E-state index is 12.4. The normalized spacial score (nSPS) is 20.8. The highest BCUT2D eigenvalue weighted by atomic mass is 35.5. The number of amides is 1. The van der Waals surface area contributed by atoms with E-state index in [0.717, 1.165) is 25.7 Å². The van der Waals surface area contributed by atoms with E-state index in [1.54, 1.807) is 6.07 Å². The van der Waals surface area contributed by atoms with Gasteiger partial charge in [-0.15, -0.1) is 0 Å². The van der Waals surface area contributed by atoms with Crippen LogP contribution in [-0.4, -0.2) is 17.0 Å². The maximum Gasteiger partial charge on any atom is 0.337 e. The molecule has 1 unspecified atom stereocenters. The highest BCUT2D eigenvalue weighted by Gasteiger charge is 2.37. The minimum absolute atomic E-state index is 0.00681. The standard InChI is InChI=1S/C16H20ClNO3/c1-16(2)8-4-3-5-12(16)14(19)18-10-6-7-11(15(20)21)13(17)9-10/h6-7,9,12H,3-5,8H2,1-2H3,(H,18,19)(H,20,21). The zero-order chi connectivity index (χ0) is 15.6. The van der Waals surface area contributed by atoms with Crippen molar-refractivity contribution in [2.75, 3.05) is 5.32 Å². The Bertz CT molecular complexity index is 569. The second-order valence-electron chi connectivity index (χ2n) is 6.28. The third kappa shape index (κ3) is 3.56. The minimum atomic E-state index is -1.08. The highest BCUT2D eigenvalue weighted by molar-refractivity contribution is 6.33. The number of hydrogen-bond donors (Lipinski definition) is 2. The van der Waals surface area contributed by atoms with E-state index in [9.17, 15) is 9.59 Å². The van der Waals surface area contributed by atoms with Gasteiger partial charge in [-0.2, -0.15) is 0 Å². The molecular weight excluding hydrogens is 290 g/mol. The summed E-state index contributed by atoms with van der Waals surface area (Å²) in [4.78, 5) is 23.4. The van der Waals surface area contributed by atoms with Crippen molar-refractivity contribution in [3.63, 3.8) is 0 Å². The van der Waals surface area contributed by atoms with Gasteiger partial charge in [0.25, 0.3) is 0 Å². The maximum absolute atomic E-state index is 12.4. The number of carboxylic acids is 1. The molecule has 0 heterocycles. The van der Waals surface area contributed by atoms with Crippen LogP contribution in [-0.2, 0) is 4.79 Å². The Morgan fingerprint density at radius 1 is 1.33 bits per heavy atom. The van der Waals surface area contributed by atoms with Crippen LogP contribution in [0.1, 0.15) is 49.9 Å². The molecular formula is C16H20ClNO3. The van der Waals surface area contributed by atoms with Gasteiger partial charge in [-0.3, -0.25) is 4.79 Å². The summed E-state index contributed by atoms with van der Waals surface area (Å²) in [6.45, 7) is 4.24. The highest BCUT2D eigenvalue weighted by Crippen LogP contribution is 2.41. The van der Waals surface area contributed by atoms with Crippen LogP contribution < -0.4 is 5.32 Å². The van der Waals surface area contributed by atoms with E-state index in [-0.39, 0.29) is 27.8 Å². The van der Waals surface area contributed by atoms with Gasteiger partial charge in [-0.05, 0) is 36.5 Å². The smallest absolute Gasteiger partial charge is 0.337 e. The van der Waals surface area contributed by atoms with Crippen LogP contribution >= 0.6 is 11.6 Å². The number of benzene rings is 1. The minimum Gasteiger partial charge on any atom is -0.478 e. The fraction of sp³-hybridized carbons (Fsp3) is 0.500. The lowest BCUT2D eigenvalue weighted by Crippen LogP contribution is -2.37. The van der Waals surface area contributed by atoms with E-state index in [0.29, 0.717) is 5.69 Å². The molecule has 0 spiro atoms. The van der Waals surface area contributed by atoms with Crippen molar-refractivity contribution in [1.82, 2.24) is 0 Å². The first-order valence-corrected chi connectivity index (χ1v) is 7.53. The average molecular weight is 310 g/mol. The monoisotopic (exact) mass is 309 g/mol. The number of halogens is 1. The number of carbonyl (C=O) groups is 2. The molecule has 1 fully saturated rings. The molecule has 114 valence electrons. The van der Waals surface area contributed by atoms with Crippen molar-refractivity contribution in [3.05, 3.63) is 28.8 Å². The Hall–Kier alpha value is -1.55. The summed E-state index contributed by atoms with van der Waals surface area (Å²) in [5, 5.41) is 11.9. The van der Waals surface area contributed by atoms with Crippen LogP contribution in [0.5, 0.6) is 0 Å². The molecule has 0 radical (unpaired) electrons. The molecule has 1 aliphatic rings. The molecule has 2 N–H and O–H groups in total. The van der Waals surface area contributed by atoms with Crippen LogP contribution in [0.2, 0.25) is 5.02 Å². The number of carbonyl (C=O) groups excluding carboxylic acids is 1. The van der Waals surface area contributed by atoms with Gasteiger partial charge >= 0.3 is 5.97 Å². The molecule has 1 aromatic carbocycles. The van der Waals surface area contributed by atoms with Gasteiger partial charge in [0, 0.05) is 11.6 Å². The fourth-order valence-corrected chi connectivity index (χ4v) is 3.24. The molecule has 4 nitrogen and oxygen atoms in total. The number of hydrogen-bond acceptors (Lipinski definition) is 2. The third-order valence-electron chi connectivity index (χ3n) is 4.29. The topological polar surface area (TPSA) is 66.4 Å². The van der Waals surface area contributed by atoms with Crippen LogP contribution in [0, 0.1) is 11.3 Å². The van der Waals surface area contributed by atoms with Gasteiger partial charge in [-0.25, -0.2) is 4.79 Å². The van der Waals surface area contributed by atoms with Gasteiger partial charge in [0.1, 0.15) is 0 Å². The summed E-state index contributed by atoms with van der Waals surface area (Å²) in [6, 6.07) is 4.47. The summed E-state index contributed by atoms with van der Waals surface area (Å²) in [7, 11) is 0. The Kier molecular flexibility index (Phi) is 4.57. The average Bonchev–Trinajstić information content (AvgIpc) is 2.37. The van der Waals surface area contributed by atoms with Crippen molar-refractivity contribution in [2.24, 2.45) is 11.3 Å². The van der Waals surface area contributed by atoms with Crippen LogP contribution in [0.15, 0.2) is 18.2 Å². The molecule has 1 amide bonds. The molecule has 21 heavy (non-hydrogen) atoms. The van der Waals surface area contributed by atoms with E-state index in [1.165, 1.54) is 12.1 Å². The first kappa shape index (κ1) is 15.8. The van der Waals surface area contributed by atoms with Crippen LogP contribution in [0.25, 0.3) is 0 Å². The molecule has 0 bridgehead atoms. The first-order valence-electron chi connectivity index (χ1n) is 7.15. The third-order valence-corrected chi connectivity index (χ3v) is 4.60. The Morgan fingerprint density at radius 3 is 2.62 bits per heavy atom. The Balaban J connectivity index is 2.12. The fourth-order valence-electron chi connectivity index (χ4n) is 2.98. The van der Waals surface area contributed by atoms with E-state index >= 15 is 0 Å². The largest absolute Gasteiger partial charge is 0.478 e. The second kappa shape index (κ2) is 6.06. The number of anilines is 1. The van der Waals surface area contributed by atoms with Gasteiger partial charge < -0.3 is 10.4 Å². The Morgan fingerprint density at radius 2 is 2.05 bits per heavy atom. The summed E-state index contributed by atoms with van der Waals surface area (Å²) in [6.07, 6.45) is 4.17. The lowest BCUT2D eigenvalue weighted by molar-refractivity contribution is -0.124. The molecule has 0 saturated heterocycles. The SMILES string of the molecule is CC1(C)CCCCC1C(=O)Nc1ccc(C(=O)O)c(Cl)c1. The molecule has 2 rings (SSSR count). The van der Waals surface area contributed by atoms with E-state index in [2.05, 4.69) is 19.2 Å². The molecule has 0 aliphatic heterocycles. The molecule has 1 aromatic rings. The second-order valence-corrected chi connectivity index (χ2v) is 6.68. The quantitative estimate of drug-likeness (QED) is 0.879. The van der Waals surface area contributed by atoms with Crippen molar-refractivity contribution in [1.29, 1.82) is 0 Å². The van der Waals surface area contributed by atoms with Gasteiger partial charge in [0.05, 0.1) is 10.6 Å². The van der Waals surface area contributed by atoms with Gasteiger partial charge in [-0.1, -0.05) is 38.3 Å². The summed E-state index contributed by atoms with van der Waals surface area (Å²) >= 11 is 5.92. The van der Waals surface area contributed by atoms with Crippen molar-refractivity contribution >= 4 is 29.2 Å². The predicted octanol–water partition coefficient (Wildman–Crippen LogP) is 4.19. The number of rotatable bonds is 3. The molecule has 1 atom stereocenters. The Labute approximate surface area is 129 Å². The first-order chi connectivity index (χ1) is 9.81. The number of nitrogens with one attached hydrogen (secondary N) is 1. The van der Waals surface area contributed by atoms with Gasteiger partial charge in [0.2, 0.25) is 5.91 Å². The summed E-state index contributed by atoms with van der Waals surface area (Å²) in [5.41, 5.74) is 0.566. The van der Waals surface area contributed by atoms with E-state index in [1.807, 2.05) is 0 Å². The molecule has 0 aromatic heterocycles.